The molecule has 0 radical (unpaired) electrons. The minimum absolute atomic E-state index is 0.472. The van der Waals surface area contributed by atoms with Crippen molar-refractivity contribution in [2.24, 2.45) is 0 Å². The summed E-state index contributed by atoms with van der Waals surface area (Å²) in [5.41, 5.74) is 0. The third kappa shape index (κ3) is 26.7. The van der Waals surface area contributed by atoms with Gasteiger partial charge >= 0.3 is 35.3 Å². The van der Waals surface area contributed by atoms with Gasteiger partial charge in [-0.1, -0.05) is 6.08 Å². The number of allylic oxidation sites excluding steroid dienone is 1. The SMILES string of the molecule is C=CCCSC.[Cl][Pt][Cl]. The van der Waals surface area contributed by atoms with Gasteiger partial charge < -0.3 is 0 Å². The summed E-state index contributed by atoms with van der Waals surface area (Å²) in [7, 11) is 9.75. The number of rotatable bonds is 3. The molecule has 0 aliphatic rings. The molecule has 0 aromatic carbocycles. The van der Waals surface area contributed by atoms with Crippen LogP contribution in [0.4, 0.5) is 0 Å². The van der Waals surface area contributed by atoms with Gasteiger partial charge in [0.25, 0.3) is 0 Å². The summed E-state index contributed by atoms with van der Waals surface area (Å²) in [6.45, 7) is 3.58. The molecule has 0 fully saturated rings. The second kappa shape index (κ2) is 16.2. The van der Waals surface area contributed by atoms with Gasteiger partial charge in [0.05, 0.1) is 0 Å². The molecule has 0 rings (SSSR count). The average Bonchev–Trinajstić information content (AvgIpc) is 1.86. The molecule has 0 bridgehead atoms. The minimum atomic E-state index is -0.472. The molecule has 0 aliphatic heterocycles. The zero-order valence-electron chi connectivity index (χ0n) is 5.18. The van der Waals surface area contributed by atoms with Crippen LogP contribution in [0.3, 0.4) is 0 Å². The van der Waals surface area contributed by atoms with Gasteiger partial charge in [0.15, 0.2) is 0 Å². The molecule has 4 heteroatoms. The Morgan fingerprint density at radius 1 is 1.67 bits per heavy atom. The van der Waals surface area contributed by atoms with Crippen molar-refractivity contribution in [3.63, 3.8) is 0 Å². The second-order valence-corrected chi connectivity index (χ2v) is 5.38. The van der Waals surface area contributed by atoms with E-state index in [1.807, 2.05) is 17.8 Å². The first-order valence-electron chi connectivity index (χ1n) is 2.25. The Kier molecular flexibility index (Phi) is 23.3. The van der Waals surface area contributed by atoms with E-state index in [1.165, 1.54) is 5.75 Å². The fourth-order valence-corrected chi connectivity index (χ4v) is 0.604. The van der Waals surface area contributed by atoms with Crippen molar-refractivity contribution in [3.8, 4) is 0 Å². The van der Waals surface area contributed by atoms with Crippen molar-refractivity contribution in [1.82, 2.24) is 0 Å². The van der Waals surface area contributed by atoms with E-state index in [2.05, 4.69) is 12.8 Å². The first-order valence-corrected chi connectivity index (χ1v) is 9.28. The Morgan fingerprint density at radius 3 is 2.22 bits per heavy atom. The van der Waals surface area contributed by atoms with Crippen LogP contribution in [-0.2, 0) is 16.5 Å². The van der Waals surface area contributed by atoms with Crippen molar-refractivity contribution in [1.29, 1.82) is 0 Å². The summed E-state index contributed by atoms with van der Waals surface area (Å²) in [6.07, 6.45) is 5.18. The van der Waals surface area contributed by atoms with Gasteiger partial charge in [-0.3, -0.25) is 0 Å². The van der Waals surface area contributed by atoms with Gasteiger partial charge in [-0.15, -0.1) is 6.58 Å². The van der Waals surface area contributed by atoms with Crippen LogP contribution in [0.5, 0.6) is 0 Å². The van der Waals surface area contributed by atoms with Crippen molar-refractivity contribution in [2.75, 3.05) is 12.0 Å². The summed E-state index contributed by atoms with van der Waals surface area (Å²) < 4.78 is 0. The zero-order valence-corrected chi connectivity index (χ0v) is 9.78. The Hall–Kier alpha value is 1.36. The van der Waals surface area contributed by atoms with E-state index < -0.39 is 16.5 Å². The maximum absolute atomic E-state index is 4.88. The van der Waals surface area contributed by atoms with E-state index in [0.29, 0.717) is 0 Å². The number of halogens is 2. The van der Waals surface area contributed by atoms with E-state index in [4.69, 9.17) is 18.8 Å². The second-order valence-electron chi connectivity index (χ2n) is 1.12. The standard InChI is InChI=1S/C5H10S.2ClH.Pt/c1-3-4-5-6-2;;;/h3H,1,4-5H2,2H3;2*1H;/q;;;+2/p-2. The first kappa shape index (κ1) is 13.0. The third-order valence-corrected chi connectivity index (χ3v) is 1.17. The van der Waals surface area contributed by atoms with E-state index >= 15 is 0 Å². The molecule has 9 heavy (non-hydrogen) atoms. The van der Waals surface area contributed by atoms with Crippen LogP contribution in [0.1, 0.15) is 6.42 Å². The van der Waals surface area contributed by atoms with Crippen LogP contribution in [-0.4, -0.2) is 12.0 Å². The zero-order chi connectivity index (χ0) is 7.54. The van der Waals surface area contributed by atoms with Crippen LogP contribution in [0.25, 0.3) is 0 Å². The maximum atomic E-state index is 4.88. The van der Waals surface area contributed by atoms with Crippen LogP contribution >= 0.6 is 30.6 Å². The molecule has 0 unspecified atom stereocenters. The number of hydrogen-bond acceptors (Lipinski definition) is 1. The molecule has 0 heterocycles. The van der Waals surface area contributed by atoms with Crippen LogP contribution in [0.2, 0.25) is 0 Å². The summed E-state index contributed by atoms with van der Waals surface area (Å²) in [5.74, 6) is 1.21. The molecule has 0 aromatic heterocycles. The van der Waals surface area contributed by atoms with Crippen molar-refractivity contribution in [2.45, 2.75) is 6.42 Å². The monoisotopic (exact) mass is 367 g/mol. The third-order valence-electron chi connectivity index (χ3n) is 0.526. The molecule has 60 valence electrons. The molecular weight excluding hydrogens is 358 g/mol. The summed E-state index contributed by atoms with van der Waals surface area (Å²) >= 11 is 1.38. The van der Waals surface area contributed by atoms with Crippen molar-refractivity contribution in [3.05, 3.63) is 12.7 Å². The number of thioether (sulfide) groups is 1. The van der Waals surface area contributed by atoms with Gasteiger partial charge in [-0.05, 0) is 18.4 Å². The van der Waals surface area contributed by atoms with Gasteiger partial charge in [0, 0.05) is 0 Å². The van der Waals surface area contributed by atoms with Gasteiger partial charge in [0.1, 0.15) is 0 Å². The normalized spacial score (nSPS) is 7.89. The van der Waals surface area contributed by atoms with Gasteiger partial charge in [-0.2, -0.15) is 11.8 Å². The average molecular weight is 368 g/mol. The number of hydrogen-bond donors (Lipinski definition) is 0. The Balaban J connectivity index is 0. The predicted octanol–water partition coefficient (Wildman–Crippen LogP) is 3.30. The molecule has 0 saturated carbocycles. The molecule has 0 spiro atoms. The van der Waals surface area contributed by atoms with Crippen molar-refractivity contribution < 1.29 is 16.5 Å². The molecule has 0 atom stereocenters. The van der Waals surface area contributed by atoms with Crippen LogP contribution < -0.4 is 0 Å². The molecule has 0 nitrogen and oxygen atoms in total. The predicted molar refractivity (Wildman–Crippen MR) is 44.9 cm³/mol. The van der Waals surface area contributed by atoms with Gasteiger partial charge in [0.2, 0.25) is 0 Å². The molecule has 0 saturated heterocycles. The molecule has 0 aromatic rings. The van der Waals surface area contributed by atoms with Crippen molar-refractivity contribution >= 4 is 30.6 Å². The molecular formula is C5H10Cl2PtS. The molecule has 0 amide bonds. The topological polar surface area (TPSA) is 0 Å². The van der Waals surface area contributed by atoms with E-state index in [-0.39, 0.29) is 0 Å². The Labute approximate surface area is 77.8 Å². The van der Waals surface area contributed by atoms with E-state index in [1.54, 1.807) is 0 Å². The van der Waals surface area contributed by atoms with Crippen LogP contribution in [0.15, 0.2) is 12.7 Å². The molecule has 0 N–H and O–H groups in total. The summed E-state index contributed by atoms with van der Waals surface area (Å²) in [4.78, 5) is 0. The molecule has 0 aliphatic carbocycles. The van der Waals surface area contributed by atoms with Crippen LogP contribution in [0, 0.1) is 0 Å². The van der Waals surface area contributed by atoms with E-state index in [9.17, 15) is 0 Å². The Morgan fingerprint density at radius 2 is 2.11 bits per heavy atom. The first-order chi connectivity index (χ1) is 4.33. The fraction of sp³-hybridized carbons (Fsp3) is 0.600. The quantitative estimate of drug-likeness (QED) is 0.544. The summed E-state index contributed by atoms with van der Waals surface area (Å²) in [6, 6.07) is 0. The van der Waals surface area contributed by atoms with Gasteiger partial charge in [-0.25, -0.2) is 0 Å². The summed E-state index contributed by atoms with van der Waals surface area (Å²) in [5, 5.41) is 0. The Bertz CT molecular complexity index is 52.2. The fourth-order valence-electron chi connectivity index (χ4n) is 0.201. The van der Waals surface area contributed by atoms with E-state index in [0.717, 1.165) is 6.42 Å².